The van der Waals surface area contributed by atoms with Crippen LogP contribution in [0.25, 0.3) is 0 Å². The molecule has 4 nitrogen and oxygen atoms in total. The molecule has 0 heterocycles. The van der Waals surface area contributed by atoms with Crippen LogP contribution < -0.4 is 15.4 Å². The van der Waals surface area contributed by atoms with Crippen molar-refractivity contribution >= 4 is 5.91 Å². The number of nitrogens with one attached hydrogen (secondary N) is 2. The lowest BCUT2D eigenvalue weighted by atomic mass is 10.0. The van der Waals surface area contributed by atoms with Gasteiger partial charge in [0.05, 0.1) is 6.04 Å². The predicted octanol–water partition coefficient (Wildman–Crippen LogP) is 3.52. The maximum Gasteiger partial charge on any atom is 0.236 e. The number of hydrogen-bond donors (Lipinski definition) is 2. The van der Waals surface area contributed by atoms with Crippen LogP contribution in [-0.2, 0) is 17.9 Å². The molecule has 0 bridgehead atoms. The van der Waals surface area contributed by atoms with Crippen LogP contribution in [0.3, 0.4) is 0 Å². The molecule has 1 amide bonds. The van der Waals surface area contributed by atoms with Crippen molar-refractivity contribution in [2.75, 3.05) is 7.05 Å². The Kier molecular flexibility index (Phi) is 7.48. The molecule has 0 aliphatic rings. The van der Waals surface area contributed by atoms with Gasteiger partial charge in [0.2, 0.25) is 5.91 Å². The zero-order valence-electron chi connectivity index (χ0n) is 15.3. The Morgan fingerprint density at radius 2 is 1.68 bits per heavy atom. The minimum absolute atomic E-state index is 0.0384. The molecule has 0 spiro atoms. The fourth-order valence-electron chi connectivity index (χ4n) is 2.61. The molecule has 2 aromatic rings. The molecule has 2 N–H and O–H groups in total. The van der Waals surface area contributed by atoms with Gasteiger partial charge in [-0.15, -0.1) is 0 Å². The highest BCUT2D eigenvalue weighted by atomic mass is 16.5. The number of carbonyl (C=O) groups excluding carboxylic acids is 1. The zero-order chi connectivity index (χ0) is 18.1. The smallest absolute Gasteiger partial charge is 0.236 e. The lowest BCUT2D eigenvalue weighted by Gasteiger charge is -2.19. The first-order valence-electron chi connectivity index (χ1n) is 8.79. The summed E-state index contributed by atoms with van der Waals surface area (Å²) in [6, 6.07) is 17.9. The Hall–Kier alpha value is -2.33. The summed E-state index contributed by atoms with van der Waals surface area (Å²) in [5.41, 5.74) is 2.28. The number of benzene rings is 2. The van der Waals surface area contributed by atoms with Gasteiger partial charge in [-0.05, 0) is 35.6 Å². The number of ether oxygens (including phenoxy) is 1. The van der Waals surface area contributed by atoms with Crippen LogP contribution in [0.1, 0.15) is 31.4 Å². The number of rotatable bonds is 9. The second-order valence-electron chi connectivity index (χ2n) is 6.60. The third kappa shape index (κ3) is 6.59. The van der Waals surface area contributed by atoms with Crippen molar-refractivity contribution in [2.24, 2.45) is 5.92 Å². The molecule has 0 aromatic heterocycles. The van der Waals surface area contributed by atoms with E-state index in [9.17, 15) is 4.79 Å². The SMILES string of the molecule is CNC(=O)[C@H](CC(C)C)NCc1ccc(OCc2ccccc2)cc1. The molecule has 1 atom stereocenters. The van der Waals surface area contributed by atoms with Crippen LogP contribution in [0.2, 0.25) is 0 Å². The van der Waals surface area contributed by atoms with Crippen molar-refractivity contribution in [3.8, 4) is 5.75 Å². The highest BCUT2D eigenvalue weighted by Crippen LogP contribution is 2.15. The first-order chi connectivity index (χ1) is 12.1. The molecule has 0 unspecified atom stereocenters. The highest BCUT2D eigenvalue weighted by molar-refractivity contribution is 5.81. The molecule has 0 fully saturated rings. The molecule has 0 aliphatic carbocycles. The molecule has 0 saturated carbocycles. The Morgan fingerprint density at radius 1 is 1.00 bits per heavy atom. The van der Waals surface area contributed by atoms with Gasteiger partial charge < -0.3 is 15.4 Å². The first kappa shape index (κ1) is 19.0. The molecule has 2 rings (SSSR count). The largest absolute Gasteiger partial charge is 0.489 e. The molecule has 0 saturated heterocycles. The fraction of sp³-hybridized carbons (Fsp3) is 0.381. The fourth-order valence-corrected chi connectivity index (χ4v) is 2.61. The summed E-state index contributed by atoms with van der Waals surface area (Å²) in [5.74, 6) is 1.35. The minimum Gasteiger partial charge on any atom is -0.489 e. The van der Waals surface area contributed by atoms with Crippen LogP contribution >= 0.6 is 0 Å². The molecule has 4 heteroatoms. The summed E-state index contributed by atoms with van der Waals surface area (Å²) in [7, 11) is 1.68. The van der Waals surface area contributed by atoms with E-state index in [1.54, 1.807) is 7.05 Å². The van der Waals surface area contributed by atoms with E-state index < -0.39 is 0 Å². The Morgan fingerprint density at radius 3 is 2.28 bits per heavy atom. The first-order valence-corrected chi connectivity index (χ1v) is 8.79. The topological polar surface area (TPSA) is 50.4 Å². The van der Waals surface area contributed by atoms with E-state index in [1.165, 1.54) is 0 Å². The minimum atomic E-state index is -0.168. The molecular formula is C21H28N2O2. The van der Waals surface area contributed by atoms with Gasteiger partial charge in [-0.25, -0.2) is 0 Å². The van der Waals surface area contributed by atoms with Crippen molar-refractivity contribution < 1.29 is 9.53 Å². The molecule has 134 valence electrons. The van der Waals surface area contributed by atoms with Gasteiger partial charge in [0.25, 0.3) is 0 Å². The van der Waals surface area contributed by atoms with Crippen LogP contribution in [0.15, 0.2) is 54.6 Å². The maximum atomic E-state index is 11.9. The monoisotopic (exact) mass is 340 g/mol. The van der Waals surface area contributed by atoms with Crippen molar-refractivity contribution in [3.05, 3.63) is 65.7 Å². The second kappa shape index (κ2) is 9.84. The van der Waals surface area contributed by atoms with Gasteiger partial charge in [-0.1, -0.05) is 56.3 Å². The van der Waals surface area contributed by atoms with Crippen molar-refractivity contribution in [2.45, 2.75) is 39.5 Å². The maximum absolute atomic E-state index is 11.9. The van der Waals surface area contributed by atoms with E-state index in [4.69, 9.17) is 4.74 Å². The third-order valence-corrected chi connectivity index (χ3v) is 3.99. The molecule has 0 radical (unpaired) electrons. The van der Waals surface area contributed by atoms with Gasteiger partial charge in [0, 0.05) is 13.6 Å². The number of hydrogen-bond acceptors (Lipinski definition) is 3. The summed E-state index contributed by atoms with van der Waals surface area (Å²) in [6.45, 7) is 5.46. The van der Waals surface area contributed by atoms with Gasteiger partial charge in [0.15, 0.2) is 0 Å². The van der Waals surface area contributed by atoms with Gasteiger partial charge in [-0.2, -0.15) is 0 Å². The van der Waals surface area contributed by atoms with E-state index in [2.05, 4.69) is 24.5 Å². The van der Waals surface area contributed by atoms with Crippen LogP contribution in [0.4, 0.5) is 0 Å². The lowest BCUT2D eigenvalue weighted by molar-refractivity contribution is -0.123. The van der Waals surface area contributed by atoms with Crippen molar-refractivity contribution in [1.82, 2.24) is 10.6 Å². The molecule has 25 heavy (non-hydrogen) atoms. The van der Waals surface area contributed by atoms with Crippen LogP contribution in [0, 0.1) is 5.92 Å². The average molecular weight is 340 g/mol. The Bertz CT molecular complexity index is 639. The number of carbonyl (C=O) groups is 1. The Labute approximate surface area is 150 Å². The summed E-state index contributed by atoms with van der Waals surface area (Å²) in [5, 5.41) is 6.07. The van der Waals surface area contributed by atoms with Crippen molar-refractivity contribution in [3.63, 3.8) is 0 Å². The summed E-state index contributed by atoms with van der Waals surface area (Å²) in [4.78, 5) is 11.9. The van der Waals surface area contributed by atoms with E-state index in [-0.39, 0.29) is 11.9 Å². The van der Waals surface area contributed by atoms with Gasteiger partial charge in [-0.3, -0.25) is 4.79 Å². The lowest BCUT2D eigenvalue weighted by Crippen LogP contribution is -2.43. The molecule has 0 aliphatic heterocycles. The normalized spacial score (nSPS) is 12.0. The van der Waals surface area contributed by atoms with E-state index >= 15 is 0 Å². The standard InChI is InChI=1S/C21H28N2O2/c1-16(2)13-20(21(24)22-3)23-14-17-9-11-19(12-10-17)25-15-18-7-5-4-6-8-18/h4-12,16,20,23H,13-15H2,1-3H3,(H,22,24)/t20-/m0/s1. The molecular weight excluding hydrogens is 312 g/mol. The summed E-state index contributed by atoms with van der Waals surface area (Å²) >= 11 is 0. The van der Waals surface area contributed by atoms with Crippen molar-refractivity contribution in [1.29, 1.82) is 0 Å². The summed E-state index contributed by atoms with van der Waals surface area (Å²) in [6.07, 6.45) is 0.817. The van der Waals surface area contributed by atoms with Crippen LogP contribution in [-0.4, -0.2) is 19.0 Å². The number of amides is 1. The van der Waals surface area contributed by atoms with Gasteiger partial charge in [0.1, 0.15) is 12.4 Å². The zero-order valence-corrected chi connectivity index (χ0v) is 15.3. The van der Waals surface area contributed by atoms with Crippen LogP contribution in [0.5, 0.6) is 5.75 Å². The molecule has 2 aromatic carbocycles. The predicted molar refractivity (Wildman–Crippen MR) is 101 cm³/mol. The number of likely N-dealkylation sites (N-methyl/N-ethyl adjacent to an activating group) is 1. The van der Waals surface area contributed by atoms with E-state index in [1.807, 2.05) is 54.6 Å². The second-order valence-corrected chi connectivity index (χ2v) is 6.60. The highest BCUT2D eigenvalue weighted by Gasteiger charge is 2.17. The third-order valence-electron chi connectivity index (χ3n) is 3.99. The van der Waals surface area contributed by atoms with Gasteiger partial charge >= 0.3 is 0 Å². The van der Waals surface area contributed by atoms with E-state index in [0.717, 1.165) is 23.3 Å². The van der Waals surface area contributed by atoms with E-state index in [0.29, 0.717) is 19.1 Å². The summed E-state index contributed by atoms with van der Waals surface area (Å²) < 4.78 is 5.80. The Balaban J connectivity index is 1.85. The average Bonchev–Trinajstić information content (AvgIpc) is 2.64. The quantitative estimate of drug-likeness (QED) is 0.734.